The summed E-state index contributed by atoms with van der Waals surface area (Å²) in [6.45, 7) is 0.655. The lowest BCUT2D eigenvalue weighted by Gasteiger charge is -2.34. The number of anilines is 1. The van der Waals surface area contributed by atoms with Gasteiger partial charge in [0.2, 0.25) is 15.9 Å². The minimum absolute atomic E-state index is 0.0589. The predicted octanol–water partition coefficient (Wildman–Crippen LogP) is 6.57. The van der Waals surface area contributed by atoms with Gasteiger partial charge in [-0.2, -0.15) is 49.6 Å². The number of carbonyl (C=O) groups is 2. The number of guanidine groups is 1. The predicted molar refractivity (Wildman–Crippen MR) is 265 cm³/mol. The molecule has 1 saturated heterocycles. The first-order valence-corrected chi connectivity index (χ1v) is 27.5. The van der Waals surface area contributed by atoms with E-state index in [1.807, 2.05) is 4.90 Å². The van der Waals surface area contributed by atoms with Crippen LogP contribution in [0.15, 0.2) is 48.5 Å². The van der Waals surface area contributed by atoms with Crippen molar-refractivity contribution < 1.29 is 70.3 Å². The van der Waals surface area contributed by atoms with Crippen LogP contribution in [0.2, 0.25) is 5.02 Å². The molecular weight excluding hydrogens is 1120 g/mol. The lowest BCUT2D eigenvalue weighted by molar-refractivity contribution is -0.142. The van der Waals surface area contributed by atoms with Crippen LogP contribution in [-0.2, 0) is 56.3 Å². The summed E-state index contributed by atoms with van der Waals surface area (Å²) < 4.78 is 198. The van der Waals surface area contributed by atoms with Crippen molar-refractivity contribution in [1.82, 2.24) is 45.0 Å². The van der Waals surface area contributed by atoms with Gasteiger partial charge in [-0.1, -0.05) is 23.6 Å². The number of urea groups is 1. The van der Waals surface area contributed by atoms with E-state index in [0.717, 1.165) is 42.7 Å². The summed E-state index contributed by atoms with van der Waals surface area (Å²) in [6, 6.07) is 3.53. The van der Waals surface area contributed by atoms with E-state index in [-0.39, 0.29) is 74.0 Å². The fraction of sp³-hybridized carbons (Fsp3) is 0.447. The average molecular weight is 1170 g/mol. The maximum absolute atomic E-state index is 15.6. The van der Waals surface area contributed by atoms with Crippen LogP contribution in [0.4, 0.5) is 54.5 Å². The fourth-order valence-electron chi connectivity index (χ4n) is 8.42. The second-order valence-corrected chi connectivity index (χ2v) is 23.9. The quantitative estimate of drug-likeness (QED) is 0.0356. The minimum Gasteiger partial charge on any atom is -0.370 e. The number of carbonyl (C=O) groups excluding carboxylic acids is 2. The van der Waals surface area contributed by atoms with Crippen molar-refractivity contribution in [2.75, 3.05) is 56.1 Å². The number of benzene rings is 2. The van der Waals surface area contributed by atoms with Crippen molar-refractivity contribution in [2.45, 2.75) is 75.3 Å². The molecule has 78 heavy (non-hydrogen) atoms. The first-order chi connectivity index (χ1) is 36.0. The van der Waals surface area contributed by atoms with Gasteiger partial charge in [0.05, 0.1) is 33.9 Å². The summed E-state index contributed by atoms with van der Waals surface area (Å²) >= 11 is 6.71. The minimum atomic E-state index is -5.26. The molecule has 5 aromatic rings. The molecule has 422 valence electrons. The van der Waals surface area contributed by atoms with Gasteiger partial charge in [0, 0.05) is 68.6 Å². The molecule has 5 N–H and O–H groups in total. The molecule has 31 heteroatoms. The van der Waals surface area contributed by atoms with Crippen LogP contribution in [0, 0.1) is 34.8 Å². The van der Waals surface area contributed by atoms with Gasteiger partial charge in [-0.3, -0.25) is 24.5 Å². The number of hydrogen-bond acceptors (Lipinski definition) is 11. The highest BCUT2D eigenvalue weighted by molar-refractivity contribution is 7.93. The third-order valence-corrected chi connectivity index (χ3v) is 16.0. The molecule has 18 nitrogen and oxygen atoms in total. The summed E-state index contributed by atoms with van der Waals surface area (Å²) in [5.41, 5.74) is 0.230. The molecule has 2 fully saturated rings. The highest BCUT2D eigenvalue weighted by atomic mass is 35.5. The van der Waals surface area contributed by atoms with Gasteiger partial charge in [-0.25, -0.2) is 35.4 Å². The Morgan fingerprint density at radius 1 is 0.897 bits per heavy atom. The highest BCUT2D eigenvalue weighted by Crippen LogP contribution is 2.50. The van der Waals surface area contributed by atoms with Crippen LogP contribution in [-0.4, -0.2) is 132 Å². The maximum atomic E-state index is 15.6. The summed E-state index contributed by atoms with van der Waals surface area (Å²) in [5, 5.41) is 18.7. The number of halogens is 11. The number of sulfonamides is 1. The van der Waals surface area contributed by atoms with Crippen LogP contribution in [0.25, 0.3) is 22.0 Å². The van der Waals surface area contributed by atoms with E-state index in [1.54, 1.807) is 4.90 Å². The van der Waals surface area contributed by atoms with Gasteiger partial charge in [0.1, 0.15) is 40.9 Å². The van der Waals surface area contributed by atoms with Gasteiger partial charge in [-0.15, -0.1) is 0 Å². The number of alkyl halides is 8. The number of nitrogens with two attached hydrogens (primary N) is 1. The second-order valence-electron chi connectivity index (χ2n) is 19.1. The Balaban J connectivity index is 1.42. The maximum Gasteiger partial charge on any atom is 0.435 e. The van der Waals surface area contributed by atoms with Crippen LogP contribution < -0.4 is 20.7 Å². The van der Waals surface area contributed by atoms with E-state index in [2.05, 4.69) is 37.7 Å². The molecule has 3 amide bonds. The highest BCUT2D eigenvalue weighted by Gasteiger charge is 2.52. The van der Waals surface area contributed by atoms with Gasteiger partial charge in [0.25, 0.3) is 5.92 Å². The number of rotatable bonds is 16. The number of hydrogen-bond donors (Lipinski definition) is 4. The number of nitrogens with one attached hydrogen (secondary N) is 3. The van der Waals surface area contributed by atoms with E-state index >= 15 is 8.78 Å². The number of pyridine rings is 1. The number of nitrogens with zero attached hydrogens (tertiary/aromatic N) is 8. The topological polar surface area (TPSA) is 235 Å². The molecule has 1 aliphatic heterocycles. The monoisotopic (exact) mass is 1170 g/mol. The Kier molecular flexibility index (Phi) is 16.5. The molecular formula is C47H49ClF10N12O6S2. The van der Waals surface area contributed by atoms with Crippen molar-refractivity contribution in [3.8, 4) is 23.0 Å². The fourth-order valence-corrected chi connectivity index (χ4v) is 9.70. The standard InChI is InChI=1S/C47H49ClF10N12O6S2/c1-44(2,77(3,73)74)12-11-30-7-8-31(39(62-30)34(21-26-19-28(49)22-29(50)20-26)63-37(71)24-68-36(46(54,55)27-5-6-27)23-35(64-68)47(56,57)58)32-9-10-33(48)38-40(32)69(25-45(51,52)53)65-41(38)70(78(4,75)76)43(72)61-13-14-66-15-17-67(18-16-66)42(59)60/h7-10,19-20,22-23,27,34H,5-6,13-18,21,24-25H2,1-4H3,(H3,59,60)(H,61,72)(H,63,71)/t34-/m0/s1. The molecule has 0 bridgehead atoms. The molecule has 1 saturated carbocycles. The van der Waals surface area contributed by atoms with Crippen LogP contribution in [0.1, 0.15) is 61.1 Å². The van der Waals surface area contributed by atoms with Gasteiger partial charge in [-0.05, 0) is 81.0 Å². The molecule has 2 aliphatic rings. The number of aromatic nitrogens is 5. The zero-order valence-corrected chi connectivity index (χ0v) is 44.0. The van der Waals surface area contributed by atoms with Crippen molar-refractivity contribution >= 4 is 66.1 Å². The van der Waals surface area contributed by atoms with Crippen molar-refractivity contribution in [1.29, 1.82) is 5.41 Å². The lowest BCUT2D eigenvalue weighted by Crippen LogP contribution is -2.52. The normalized spacial score (nSPS) is 15.4. The van der Waals surface area contributed by atoms with Crippen LogP contribution in [0.3, 0.4) is 0 Å². The Bertz CT molecular complexity index is 3440. The number of sulfone groups is 1. The third kappa shape index (κ3) is 13.6. The molecule has 4 heterocycles. The van der Waals surface area contributed by atoms with E-state index in [4.69, 9.17) is 22.7 Å². The summed E-state index contributed by atoms with van der Waals surface area (Å²) in [4.78, 5) is 36.2. The Morgan fingerprint density at radius 2 is 1.53 bits per heavy atom. The first kappa shape index (κ1) is 59.0. The van der Waals surface area contributed by atoms with Crippen molar-refractivity contribution in [3.05, 3.63) is 93.5 Å². The lowest BCUT2D eigenvalue weighted by atomic mass is 9.93. The zero-order valence-electron chi connectivity index (χ0n) is 41.6. The smallest absolute Gasteiger partial charge is 0.370 e. The molecule has 7 rings (SSSR count). The SMILES string of the molecule is CC(C)(C#Cc1ccc(-c2ccc(Cl)c3c(N(C(=O)NCCN4CCN(C(=N)N)CC4)S(C)(=O)=O)nn(CC(F)(F)F)c23)c([C@H](Cc2cc(F)cc(F)c2)NC(=O)Cn2nc(C(F)(F)F)cc2C(F)(F)C2CC2)n1)S(C)(=O)=O. The summed E-state index contributed by atoms with van der Waals surface area (Å²) in [5.74, 6) is -4.90. The molecule has 2 aromatic carbocycles. The molecule has 0 spiro atoms. The second kappa shape index (κ2) is 21.8. The molecule has 0 unspecified atom stereocenters. The molecule has 3 aromatic heterocycles. The van der Waals surface area contributed by atoms with Crippen molar-refractivity contribution in [2.24, 2.45) is 11.7 Å². The Labute approximate surface area is 444 Å². The zero-order chi connectivity index (χ0) is 57.7. The van der Waals surface area contributed by atoms with Crippen molar-refractivity contribution in [3.63, 3.8) is 0 Å². The summed E-state index contributed by atoms with van der Waals surface area (Å²) in [7, 11) is -8.73. The van der Waals surface area contributed by atoms with E-state index < -0.39 is 137 Å². The average Bonchev–Trinajstić information content (AvgIpc) is 4.01. The first-order valence-electron chi connectivity index (χ1n) is 23.4. The summed E-state index contributed by atoms with van der Waals surface area (Å²) in [6.07, 6.45) is -9.78. The van der Waals surface area contributed by atoms with E-state index in [0.29, 0.717) is 38.5 Å². The number of fused-ring (bicyclic) bond motifs is 1. The largest absolute Gasteiger partial charge is 0.435 e. The Hall–Kier alpha value is -6.71. The van der Waals surface area contributed by atoms with Gasteiger partial charge >= 0.3 is 18.4 Å². The molecule has 1 atom stereocenters. The van der Waals surface area contributed by atoms with Gasteiger partial charge in [0.15, 0.2) is 27.3 Å². The number of piperazine rings is 1. The van der Waals surface area contributed by atoms with Crippen LogP contribution in [0.5, 0.6) is 0 Å². The number of amides is 3. The van der Waals surface area contributed by atoms with Crippen LogP contribution >= 0.6 is 11.6 Å². The molecule has 0 radical (unpaired) electrons. The molecule has 1 aliphatic carbocycles. The third-order valence-electron chi connectivity index (χ3n) is 12.7. The Morgan fingerprint density at radius 3 is 2.09 bits per heavy atom. The van der Waals surface area contributed by atoms with E-state index in [9.17, 15) is 61.5 Å². The van der Waals surface area contributed by atoms with Gasteiger partial charge < -0.3 is 21.3 Å². The van der Waals surface area contributed by atoms with E-state index in [1.165, 1.54) is 13.8 Å².